The Morgan fingerprint density at radius 3 is 1.98 bits per heavy atom. The molecule has 2 aliphatic rings. The van der Waals surface area contributed by atoms with Gasteiger partial charge in [-0.2, -0.15) is 0 Å². The first kappa shape index (κ1) is 44.4. The predicted octanol–water partition coefficient (Wildman–Crippen LogP) is 6.18. The number of anilines is 2. The van der Waals surface area contributed by atoms with Gasteiger partial charge in [0.05, 0.1) is 50.0 Å². The van der Waals surface area contributed by atoms with E-state index in [1.54, 1.807) is 0 Å². The maximum Gasteiger partial charge on any atom is 0.341 e. The van der Waals surface area contributed by atoms with Crippen molar-refractivity contribution >= 4 is 77.0 Å². The molecule has 4 aromatic carbocycles. The van der Waals surface area contributed by atoms with Crippen molar-refractivity contribution in [1.29, 1.82) is 0 Å². The van der Waals surface area contributed by atoms with Crippen molar-refractivity contribution in [3.63, 3.8) is 0 Å². The maximum atomic E-state index is 16.4. The molecule has 1 unspecified atom stereocenters. The molecule has 0 amide bonds. The number of nitro groups is 2. The van der Waals surface area contributed by atoms with Crippen molar-refractivity contribution < 1.29 is 54.5 Å². The zero-order valence-corrected chi connectivity index (χ0v) is 35.0. The van der Waals surface area contributed by atoms with Crippen LogP contribution in [0.15, 0.2) is 99.6 Å². The van der Waals surface area contributed by atoms with Gasteiger partial charge in [0.25, 0.3) is 31.4 Å². The fourth-order valence-electron chi connectivity index (χ4n) is 7.43. The summed E-state index contributed by atoms with van der Waals surface area (Å²) in [5, 5.41) is 31.2. The molecule has 0 bridgehead atoms. The first-order valence-electron chi connectivity index (χ1n) is 18.6. The van der Waals surface area contributed by atoms with Crippen LogP contribution in [0.3, 0.4) is 0 Å². The van der Waals surface area contributed by atoms with E-state index in [-0.39, 0.29) is 41.3 Å². The molecule has 330 valence electrons. The summed E-state index contributed by atoms with van der Waals surface area (Å²) in [4.78, 5) is 46.6. The number of aromatic carboxylic acids is 1. The molecule has 0 spiro atoms. The highest BCUT2D eigenvalue weighted by atomic mass is 32.2. The van der Waals surface area contributed by atoms with Crippen molar-refractivity contribution in [3.8, 4) is 5.75 Å². The van der Waals surface area contributed by atoms with Crippen molar-refractivity contribution in [2.45, 2.75) is 35.1 Å². The number of halogens is 3. The third-order valence-electron chi connectivity index (χ3n) is 10.8. The highest BCUT2D eigenvalue weighted by Gasteiger charge is 2.47. The number of rotatable bonds is 14. The van der Waals surface area contributed by atoms with Crippen molar-refractivity contribution in [2.24, 2.45) is 5.41 Å². The van der Waals surface area contributed by atoms with E-state index in [2.05, 4.69) is 0 Å². The number of non-ortho nitro benzene ring substituents is 2. The van der Waals surface area contributed by atoms with Crippen LogP contribution < -0.4 is 19.4 Å². The lowest BCUT2D eigenvalue weighted by atomic mass is 9.89. The summed E-state index contributed by atoms with van der Waals surface area (Å²) in [7, 11) is -9.00. The zero-order chi connectivity index (χ0) is 45.8. The van der Waals surface area contributed by atoms with E-state index < -0.39 is 116 Å². The van der Waals surface area contributed by atoms with E-state index in [9.17, 15) is 56.2 Å². The van der Waals surface area contributed by atoms with Crippen LogP contribution in [0.25, 0.3) is 10.9 Å². The predicted molar refractivity (Wildman–Crippen MR) is 224 cm³/mol. The SMILES string of the molecule is COc1c(N2CCC(CF)(CN(C(=S)N(c3ccc(F)cc3)S(=O)(=O)c3ccc([N+](=O)[O-])cc3)S(=O)(=O)c3ccc([N+](=O)[O-])cc3)C2)c(F)cc2c(=O)c(C(=O)O)cn(C3CC3)c12. The average Bonchev–Trinajstić information content (AvgIpc) is 4.02. The number of hydrogen-bond acceptors (Lipinski definition) is 13. The number of carbonyl (C=O) groups is 1. The Hall–Kier alpha value is -6.66. The fourth-order valence-corrected chi connectivity index (χ4v) is 11.1. The van der Waals surface area contributed by atoms with Gasteiger partial charge in [-0.3, -0.25) is 29.4 Å². The Balaban J connectivity index is 1.36. The quantitative estimate of drug-likeness (QED) is 0.0745. The molecular weight excluding hydrogens is 898 g/mol. The zero-order valence-electron chi connectivity index (χ0n) is 32.6. The van der Waals surface area contributed by atoms with E-state index in [1.807, 2.05) is 0 Å². The average molecular weight is 931 g/mol. The van der Waals surface area contributed by atoms with E-state index >= 15 is 8.78 Å². The Morgan fingerprint density at radius 2 is 1.49 bits per heavy atom. The number of carboxylic acids is 1. The highest BCUT2D eigenvalue weighted by Crippen LogP contribution is 2.47. The van der Waals surface area contributed by atoms with Gasteiger partial charge in [0.2, 0.25) is 10.5 Å². The van der Waals surface area contributed by atoms with E-state index in [0.717, 1.165) is 85.1 Å². The smallest absolute Gasteiger partial charge is 0.341 e. The van der Waals surface area contributed by atoms with Gasteiger partial charge in [-0.15, -0.1) is 0 Å². The number of fused-ring (bicyclic) bond motifs is 1. The van der Waals surface area contributed by atoms with Crippen molar-refractivity contribution in [2.75, 3.05) is 42.6 Å². The summed E-state index contributed by atoms with van der Waals surface area (Å²) in [6.45, 7) is -2.93. The fraction of sp³-hybridized carbons (Fsp3) is 0.256. The minimum atomic E-state index is -5.13. The summed E-state index contributed by atoms with van der Waals surface area (Å²) in [6, 6.07) is 11.1. The van der Waals surface area contributed by atoms with Crippen LogP contribution >= 0.6 is 12.2 Å². The Morgan fingerprint density at radius 1 is 0.937 bits per heavy atom. The number of nitrogens with zero attached hydrogens (tertiary/aromatic N) is 6. The lowest BCUT2D eigenvalue weighted by molar-refractivity contribution is -0.385. The molecule has 1 aliphatic carbocycles. The molecule has 7 rings (SSSR count). The second kappa shape index (κ2) is 16.6. The Bertz CT molecular complexity index is 2990. The number of carboxylic acid groups (broad SMARTS) is 1. The van der Waals surface area contributed by atoms with Gasteiger partial charge in [0.1, 0.15) is 17.1 Å². The maximum absolute atomic E-state index is 16.4. The number of ether oxygens (including phenoxy) is 1. The summed E-state index contributed by atoms with van der Waals surface area (Å²) >= 11 is 5.69. The summed E-state index contributed by atoms with van der Waals surface area (Å²) in [6.07, 6.45) is 2.12. The second-order valence-electron chi connectivity index (χ2n) is 14.8. The van der Waals surface area contributed by atoms with Crippen LogP contribution in [0.2, 0.25) is 0 Å². The largest absolute Gasteiger partial charge is 0.492 e. The van der Waals surface area contributed by atoms with E-state index in [4.69, 9.17) is 17.0 Å². The lowest BCUT2D eigenvalue weighted by Gasteiger charge is -2.37. The van der Waals surface area contributed by atoms with Gasteiger partial charge in [-0.1, -0.05) is 0 Å². The molecule has 1 atom stereocenters. The first-order valence-corrected chi connectivity index (χ1v) is 21.9. The molecule has 2 heterocycles. The van der Waals surface area contributed by atoms with Crippen molar-refractivity contribution in [3.05, 3.63) is 133 Å². The molecule has 0 radical (unpaired) electrons. The number of nitro benzene ring substituents is 2. The van der Waals surface area contributed by atoms with Crippen LogP contribution in [0.5, 0.6) is 5.75 Å². The molecule has 1 saturated carbocycles. The Kier molecular flexibility index (Phi) is 11.7. The third-order valence-corrected chi connectivity index (χ3v) is 14.9. The molecule has 1 aliphatic heterocycles. The van der Waals surface area contributed by atoms with Crippen LogP contribution in [0, 0.1) is 37.3 Å². The monoisotopic (exact) mass is 930 g/mol. The van der Waals surface area contributed by atoms with Gasteiger partial charge in [-0.25, -0.2) is 39.0 Å². The number of sulfonamides is 2. The van der Waals surface area contributed by atoms with Crippen molar-refractivity contribution in [1.82, 2.24) is 8.87 Å². The molecule has 63 heavy (non-hydrogen) atoms. The van der Waals surface area contributed by atoms with Crippen LogP contribution in [0.4, 0.5) is 35.9 Å². The second-order valence-corrected chi connectivity index (χ2v) is 18.8. The number of benzene rings is 4. The number of hydrogen-bond donors (Lipinski definition) is 1. The summed E-state index contributed by atoms with van der Waals surface area (Å²) in [5.41, 5.74) is -5.04. The first-order chi connectivity index (χ1) is 29.7. The van der Waals surface area contributed by atoms with Gasteiger partial charge in [0, 0.05) is 61.6 Å². The van der Waals surface area contributed by atoms with E-state index in [1.165, 1.54) is 16.6 Å². The number of methoxy groups -OCH3 is 1. The molecular formula is C39H33F3N6O12S3. The van der Waals surface area contributed by atoms with Gasteiger partial charge in [0.15, 0.2) is 11.6 Å². The minimum Gasteiger partial charge on any atom is -0.492 e. The van der Waals surface area contributed by atoms with E-state index in [0.29, 0.717) is 21.5 Å². The molecule has 1 N–H and O–H groups in total. The number of pyridine rings is 1. The molecule has 1 saturated heterocycles. The number of thiocarbonyl (C=S) groups is 1. The van der Waals surface area contributed by atoms with Gasteiger partial charge < -0.3 is 19.3 Å². The standard InChI is InChI=1S/C39H33F3N6O12S3/c1-60-36-33-30(35(49)31(37(50)51)19-44(33)24-6-7-24)18-32(42)34(36)43-17-16-39(20-40,21-43)22-45(62(56,57)28-12-8-26(9-13-28)47(52)53)38(61)46(25-4-2-23(41)3-5-25)63(58,59)29-14-10-27(11-15-29)48(54)55/h2-5,8-15,18-19,24H,6-7,16-17,20-22H2,1H3,(H,50,51). The molecule has 5 aromatic rings. The topological polar surface area (TPSA) is 233 Å². The summed E-state index contributed by atoms with van der Waals surface area (Å²) in [5.74, 6) is -3.61. The van der Waals surface area contributed by atoms with Crippen LogP contribution in [-0.2, 0) is 20.0 Å². The molecule has 24 heteroatoms. The van der Waals surface area contributed by atoms with Crippen LogP contribution in [-0.4, -0.2) is 85.2 Å². The summed E-state index contributed by atoms with van der Waals surface area (Å²) < 4.78 is 113. The third kappa shape index (κ3) is 8.11. The number of alkyl halides is 1. The van der Waals surface area contributed by atoms with Gasteiger partial charge in [-0.05, 0) is 86.1 Å². The Labute approximate surface area is 360 Å². The van der Waals surface area contributed by atoms with Crippen LogP contribution in [0.1, 0.15) is 35.7 Å². The minimum absolute atomic E-state index is 0.0686. The molecule has 18 nitrogen and oxygen atoms in total. The lowest BCUT2D eigenvalue weighted by Crippen LogP contribution is -2.53. The molecule has 2 fully saturated rings. The number of aromatic nitrogens is 1. The normalized spacial score (nSPS) is 16.5. The van der Waals surface area contributed by atoms with Gasteiger partial charge >= 0.3 is 5.97 Å². The molecule has 1 aromatic heterocycles. The highest BCUT2D eigenvalue weighted by molar-refractivity contribution is 7.96.